The summed E-state index contributed by atoms with van der Waals surface area (Å²) >= 11 is 0. The van der Waals surface area contributed by atoms with E-state index < -0.39 is 0 Å². The summed E-state index contributed by atoms with van der Waals surface area (Å²) < 4.78 is 0. The maximum absolute atomic E-state index is 3.18. The average Bonchev–Trinajstić information content (AvgIpc) is 2.38. The fraction of sp³-hybridized carbons (Fsp3) is 0.0625. The van der Waals surface area contributed by atoms with Crippen LogP contribution in [0.2, 0.25) is 0 Å². The molecular weight excluding hydrogens is 192 g/mol. The first-order valence-electron chi connectivity index (χ1n) is 5.32. The fourth-order valence-electron chi connectivity index (χ4n) is 1.65. The standard InChI is InChI=1S/C16H13/c1-2-9-16(14-10-5-3-6-11-14)15-12-7-4-8-13-15/h3-8,10-13H,1H3/q+1. The number of rotatable bonds is 2. The summed E-state index contributed by atoms with van der Waals surface area (Å²) in [6, 6.07) is 20.5. The maximum Gasteiger partial charge on any atom is 0.112 e. The van der Waals surface area contributed by atoms with E-state index in [1.807, 2.05) is 43.3 Å². The lowest BCUT2D eigenvalue weighted by molar-refractivity contribution is 1.32. The van der Waals surface area contributed by atoms with Crippen molar-refractivity contribution in [3.05, 3.63) is 77.7 Å². The Balaban J connectivity index is 2.42. The molecule has 76 valence electrons. The van der Waals surface area contributed by atoms with Crippen molar-refractivity contribution in [3.8, 4) is 11.8 Å². The highest BCUT2D eigenvalue weighted by Crippen LogP contribution is 2.22. The summed E-state index contributed by atoms with van der Waals surface area (Å²) in [5.41, 5.74) is 2.34. The first kappa shape index (κ1) is 10.4. The molecule has 2 rings (SSSR count). The zero-order chi connectivity index (χ0) is 11.2. The van der Waals surface area contributed by atoms with Crippen molar-refractivity contribution in [1.82, 2.24) is 0 Å². The highest BCUT2D eigenvalue weighted by Gasteiger charge is 2.16. The monoisotopic (exact) mass is 205 g/mol. The van der Waals surface area contributed by atoms with E-state index in [2.05, 4.69) is 36.1 Å². The normalized spacial score (nSPS) is 9.06. The number of hydrogen-bond acceptors (Lipinski definition) is 0. The van der Waals surface area contributed by atoms with Crippen LogP contribution in [-0.2, 0) is 0 Å². The molecule has 0 nitrogen and oxygen atoms in total. The molecule has 0 bridgehead atoms. The Kier molecular flexibility index (Phi) is 3.31. The van der Waals surface area contributed by atoms with Gasteiger partial charge in [-0.15, -0.1) is 0 Å². The van der Waals surface area contributed by atoms with E-state index in [9.17, 15) is 0 Å². The third kappa shape index (κ3) is 2.27. The Bertz CT molecular complexity index is 446. The van der Waals surface area contributed by atoms with Gasteiger partial charge in [0.1, 0.15) is 5.92 Å². The molecule has 2 aromatic carbocycles. The molecule has 0 N–H and O–H groups in total. The zero-order valence-corrected chi connectivity index (χ0v) is 9.27. The SMILES string of the molecule is CC#C[C+](c1ccccc1)c1ccccc1. The highest BCUT2D eigenvalue weighted by molar-refractivity contribution is 5.54. The minimum atomic E-state index is 1.09. The molecule has 0 aliphatic rings. The summed E-state index contributed by atoms with van der Waals surface area (Å²) in [6.45, 7) is 1.87. The van der Waals surface area contributed by atoms with Gasteiger partial charge in [-0.05, 0) is 66.6 Å². The van der Waals surface area contributed by atoms with Crippen molar-refractivity contribution in [2.45, 2.75) is 6.92 Å². The second kappa shape index (κ2) is 5.09. The van der Waals surface area contributed by atoms with E-state index in [0.717, 1.165) is 5.92 Å². The molecule has 0 aliphatic carbocycles. The molecular formula is C16H13+. The van der Waals surface area contributed by atoms with E-state index in [1.54, 1.807) is 0 Å². The maximum atomic E-state index is 3.18. The van der Waals surface area contributed by atoms with Gasteiger partial charge in [0.25, 0.3) is 0 Å². The average molecular weight is 205 g/mol. The molecule has 0 radical (unpaired) electrons. The minimum Gasteiger partial charge on any atom is -0.0492 e. The lowest BCUT2D eigenvalue weighted by Gasteiger charge is -2.04. The molecule has 0 heterocycles. The molecule has 0 aliphatic heterocycles. The molecule has 0 aromatic heterocycles. The second-order valence-electron chi connectivity index (χ2n) is 3.48. The molecule has 0 saturated carbocycles. The van der Waals surface area contributed by atoms with E-state index in [-0.39, 0.29) is 0 Å². The number of benzene rings is 2. The summed E-state index contributed by atoms with van der Waals surface area (Å²) in [5, 5.41) is 0. The first-order valence-corrected chi connectivity index (χ1v) is 5.32. The van der Waals surface area contributed by atoms with Crippen molar-refractivity contribution in [2.75, 3.05) is 0 Å². The number of hydrogen-bond donors (Lipinski definition) is 0. The Labute approximate surface area is 96.9 Å². The molecule has 16 heavy (non-hydrogen) atoms. The van der Waals surface area contributed by atoms with Crippen LogP contribution in [0.25, 0.3) is 0 Å². The van der Waals surface area contributed by atoms with E-state index in [1.165, 1.54) is 11.1 Å². The van der Waals surface area contributed by atoms with Crippen molar-refractivity contribution in [1.29, 1.82) is 0 Å². The Hall–Kier alpha value is -2.13. The largest absolute Gasteiger partial charge is 0.112 e. The molecule has 0 atom stereocenters. The molecule has 0 saturated heterocycles. The summed E-state index contributed by atoms with van der Waals surface area (Å²) in [7, 11) is 0. The Morgan fingerprint density at radius 3 is 1.56 bits per heavy atom. The minimum absolute atomic E-state index is 1.09. The Morgan fingerprint density at radius 1 is 0.750 bits per heavy atom. The van der Waals surface area contributed by atoms with Crippen molar-refractivity contribution in [3.63, 3.8) is 0 Å². The third-order valence-corrected chi connectivity index (χ3v) is 2.37. The highest BCUT2D eigenvalue weighted by atomic mass is 14.1. The van der Waals surface area contributed by atoms with Crippen LogP contribution >= 0.6 is 0 Å². The van der Waals surface area contributed by atoms with Gasteiger partial charge in [0, 0.05) is 12.8 Å². The fourth-order valence-corrected chi connectivity index (χ4v) is 1.65. The van der Waals surface area contributed by atoms with Gasteiger partial charge in [-0.2, -0.15) is 0 Å². The lowest BCUT2D eigenvalue weighted by atomic mass is 9.92. The predicted molar refractivity (Wildman–Crippen MR) is 67.8 cm³/mol. The molecule has 0 spiro atoms. The lowest BCUT2D eigenvalue weighted by Crippen LogP contribution is -1.98. The van der Waals surface area contributed by atoms with Crippen LogP contribution in [0, 0.1) is 17.8 Å². The van der Waals surface area contributed by atoms with Crippen LogP contribution in [0.5, 0.6) is 0 Å². The van der Waals surface area contributed by atoms with Crippen molar-refractivity contribution >= 4 is 0 Å². The van der Waals surface area contributed by atoms with Crippen molar-refractivity contribution in [2.24, 2.45) is 0 Å². The van der Waals surface area contributed by atoms with Crippen LogP contribution in [0.1, 0.15) is 18.1 Å². The Morgan fingerprint density at radius 2 is 1.19 bits per heavy atom. The molecule has 0 fully saturated rings. The van der Waals surface area contributed by atoms with Gasteiger partial charge in [-0.25, -0.2) is 0 Å². The van der Waals surface area contributed by atoms with Crippen molar-refractivity contribution < 1.29 is 0 Å². The van der Waals surface area contributed by atoms with E-state index >= 15 is 0 Å². The van der Waals surface area contributed by atoms with Crippen LogP contribution in [0.4, 0.5) is 0 Å². The molecule has 2 aromatic rings. The van der Waals surface area contributed by atoms with Crippen LogP contribution in [0.15, 0.2) is 60.7 Å². The first-order chi connectivity index (χ1) is 7.92. The van der Waals surface area contributed by atoms with Crippen LogP contribution in [0.3, 0.4) is 0 Å². The van der Waals surface area contributed by atoms with Gasteiger partial charge in [0.15, 0.2) is 0 Å². The second-order valence-corrected chi connectivity index (χ2v) is 3.48. The van der Waals surface area contributed by atoms with Gasteiger partial charge >= 0.3 is 0 Å². The van der Waals surface area contributed by atoms with Crippen LogP contribution in [-0.4, -0.2) is 0 Å². The smallest absolute Gasteiger partial charge is 0.0492 e. The quantitative estimate of drug-likeness (QED) is 0.518. The predicted octanol–water partition coefficient (Wildman–Crippen LogP) is 3.68. The van der Waals surface area contributed by atoms with E-state index in [4.69, 9.17) is 0 Å². The zero-order valence-electron chi connectivity index (χ0n) is 9.27. The molecule has 0 heteroatoms. The van der Waals surface area contributed by atoms with Gasteiger partial charge in [0.05, 0.1) is 11.1 Å². The van der Waals surface area contributed by atoms with Gasteiger partial charge in [0.2, 0.25) is 0 Å². The van der Waals surface area contributed by atoms with Gasteiger partial charge in [-0.3, -0.25) is 0 Å². The summed E-state index contributed by atoms with van der Waals surface area (Å²) in [5.74, 6) is 7.25. The molecule has 0 unspecified atom stereocenters. The van der Waals surface area contributed by atoms with E-state index in [0.29, 0.717) is 0 Å². The topological polar surface area (TPSA) is 0 Å². The third-order valence-electron chi connectivity index (χ3n) is 2.37. The van der Waals surface area contributed by atoms with Gasteiger partial charge < -0.3 is 0 Å². The molecule has 0 amide bonds. The summed E-state index contributed by atoms with van der Waals surface area (Å²) in [4.78, 5) is 0. The van der Waals surface area contributed by atoms with Gasteiger partial charge in [-0.1, -0.05) is 0 Å². The summed E-state index contributed by atoms with van der Waals surface area (Å²) in [6.07, 6.45) is 0. The van der Waals surface area contributed by atoms with Crippen LogP contribution < -0.4 is 0 Å².